The summed E-state index contributed by atoms with van der Waals surface area (Å²) in [5.74, 6) is 1.14. The first-order valence-corrected chi connectivity index (χ1v) is 7.73. The van der Waals surface area contributed by atoms with Crippen molar-refractivity contribution >= 4 is 17.5 Å². The van der Waals surface area contributed by atoms with Crippen LogP contribution >= 0.6 is 0 Å². The van der Waals surface area contributed by atoms with Crippen molar-refractivity contribution in [3.63, 3.8) is 0 Å². The third kappa shape index (κ3) is 3.85. The van der Waals surface area contributed by atoms with Crippen LogP contribution in [0.1, 0.15) is 5.56 Å². The highest BCUT2D eigenvalue weighted by Gasteiger charge is 2.08. The molecule has 6 nitrogen and oxygen atoms in total. The van der Waals surface area contributed by atoms with Gasteiger partial charge in [0.1, 0.15) is 5.82 Å². The molecule has 0 spiro atoms. The van der Waals surface area contributed by atoms with Gasteiger partial charge in [-0.25, -0.2) is 4.98 Å². The number of nitrogens with zero attached hydrogens (tertiary/aromatic N) is 3. The van der Waals surface area contributed by atoms with Crippen LogP contribution in [0.2, 0.25) is 0 Å². The molecule has 0 amide bonds. The maximum absolute atomic E-state index is 9.01. The summed E-state index contributed by atoms with van der Waals surface area (Å²) in [6.07, 6.45) is 3.48. The van der Waals surface area contributed by atoms with Crippen molar-refractivity contribution in [1.82, 2.24) is 15.0 Å². The number of pyridine rings is 1. The van der Waals surface area contributed by atoms with Gasteiger partial charge in [-0.05, 0) is 30.7 Å². The molecule has 1 aromatic carbocycles. The summed E-state index contributed by atoms with van der Waals surface area (Å²) >= 11 is 0. The summed E-state index contributed by atoms with van der Waals surface area (Å²) in [6.45, 7) is 2.44. The van der Waals surface area contributed by atoms with Crippen LogP contribution in [0.3, 0.4) is 0 Å². The molecule has 0 atom stereocenters. The highest BCUT2D eigenvalue weighted by Crippen LogP contribution is 2.24. The maximum Gasteiger partial charge on any atom is 0.225 e. The zero-order chi connectivity index (χ0) is 16.8. The Bertz CT molecular complexity index is 808. The normalized spacial score (nSPS) is 10.4. The molecular weight excluding hydrogens is 302 g/mol. The van der Waals surface area contributed by atoms with Gasteiger partial charge in [-0.2, -0.15) is 4.98 Å². The number of benzene rings is 1. The highest BCUT2D eigenvalue weighted by atomic mass is 16.3. The lowest BCUT2D eigenvalue weighted by Gasteiger charge is -2.12. The topological polar surface area (TPSA) is 83.0 Å². The molecule has 3 rings (SSSR count). The molecular formula is C18H19N5O. The summed E-state index contributed by atoms with van der Waals surface area (Å²) < 4.78 is 0. The van der Waals surface area contributed by atoms with Crippen molar-refractivity contribution in [1.29, 1.82) is 0 Å². The van der Waals surface area contributed by atoms with E-state index in [1.165, 1.54) is 0 Å². The van der Waals surface area contributed by atoms with Gasteiger partial charge in [0.05, 0.1) is 12.3 Å². The van der Waals surface area contributed by atoms with Crippen LogP contribution in [-0.2, 0) is 0 Å². The minimum atomic E-state index is 0.0149. The number of aryl methyl sites for hydroxylation is 1. The van der Waals surface area contributed by atoms with Gasteiger partial charge in [-0.15, -0.1) is 0 Å². The van der Waals surface area contributed by atoms with Gasteiger partial charge in [0.2, 0.25) is 5.95 Å². The number of para-hydroxylation sites is 1. The van der Waals surface area contributed by atoms with E-state index in [1.54, 1.807) is 12.4 Å². The van der Waals surface area contributed by atoms with Crippen LogP contribution in [0, 0.1) is 6.92 Å². The van der Waals surface area contributed by atoms with E-state index >= 15 is 0 Å². The Hall–Kier alpha value is -2.99. The Balaban J connectivity index is 1.97. The minimum Gasteiger partial charge on any atom is -0.395 e. The third-order valence-electron chi connectivity index (χ3n) is 3.49. The van der Waals surface area contributed by atoms with Gasteiger partial charge < -0.3 is 15.7 Å². The Morgan fingerprint density at radius 2 is 1.96 bits per heavy atom. The van der Waals surface area contributed by atoms with Crippen LogP contribution in [-0.4, -0.2) is 33.2 Å². The van der Waals surface area contributed by atoms with E-state index in [2.05, 4.69) is 25.6 Å². The number of rotatable bonds is 6. The van der Waals surface area contributed by atoms with E-state index in [9.17, 15) is 0 Å². The third-order valence-corrected chi connectivity index (χ3v) is 3.49. The van der Waals surface area contributed by atoms with Crippen LogP contribution in [0.25, 0.3) is 11.3 Å². The molecule has 0 saturated carbocycles. The highest BCUT2D eigenvalue weighted by molar-refractivity contribution is 5.68. The van der Waals surface area contributed by atoms with Gasteiger partial charge in [0.25, 0.3) is 0 Å². The first-order valence-electron chi connectivity index (χ1n) is 7.73. The van der Waals surface area contributed by atoms with Crippen LogP contribution < -0.4 is 10.6 Å². The number of aliphatic hydroxyl groups excluding tert-OH is 1. The summed E-state index contributed by atoms with van der Waals surface area (Å²) in [5.41, 5.74) is 3.78. The Labute approximate surface area is 140 Å². The summed E-state index contributed by atoms with van der Waals surface area (Å²) in [4.78, 5) is 13.1. The molecule has 0 aliphatic carbocycles. The maximum atomic E-state index is 9.01. The van der Waals surface area contributed by atoms with Crippen LogP contribution in [0.5, 0.6) is 0 Å². The fraction of sp³-hybridized carbons (Fsp3) is 0.167. The second kappa shape index (κ2) is 7.52. The van der Waals surface area contributed by atoms with E-state index in [0.29, 0.717) is 18.3 Å². The lowest BCUT2D eigenvalue weighted by Crippen LogP contribution is -2.10. The Kier molecular flexibility index (Phi) is 4.98. The second-order valence-electron chi connectivity index (χ2n) is 5.29. The van der Waals surface area contributed by atoms with Gasteiger partial charge in [-0.3, -0.25) is 4.98 Å². The summed E-state index contributed by atoms with van der Waals surface area (Å²) in [6, 6.07) is 13.7. The first-order chi connectivity index (χ1) is 11.8. The molecule has 122 valence electrons. The van der Waals surface area contributed by atoms with E-state index in [0.717, 1.165) is 22.5 Å². The number of hydrogen-bond donors (Lipinski definition) is 3. The molecule has 2 aromatic heterocycles. The largest absolute Gasteiger partial charge is 0.395 e. The average molecular weight is 321 g/mol. The quantitative estimate of drug-likeness (QED) is 0.647. The number of anilines is 3. The SMILES string of the molecule is Cc1ccccc1Nc1cc(-c2cccnc2)nc(NCCO)n1. The molecule has 0 bridgehead atoms. The average Bonchev–Trinajstić information content (AvgIpc) is 2.62. The minimum absolute atomic E-state index is 0.0149. The molecule has 3 N–H and O–H groups in total. The molecule has 24 heavy (non-hydrogen) atoms. The van der Waals surface area contributed by atoms with Crippen molar-refractivity contribution in [2.24, 2.45) is 0 Å². The molecule has 0 aliphatic heterocycles. The fourth-order valence-corrected chi connectivity index (χ4v) is 2.27. The molecule has 2 heterocycles. The second-order valence-corrected chi connectivity index (χ2v) is 5.29. The molecule has 0 saturated heterocycles. The predicted molar refractivity (Wildman–Crippen MR) is 95.3 cm³/mol. The molecule has 0 radical (unpaired) electrons. The Morgan fingerprint density at radius 1 is 1.08 bits per heavy atom. The zero-order valence-corrected chi connectivity index (χ0v) is 13.4. The lowest BCUT2D eigenvalue weighted by atomic mass is 10.2. The van der Waals surface area contributed by atoms with E-state index in [1.807, 2.05) is 49.4 Å². The molecule has 0 fully saturated rings. The lowest BCUT2D eigenvalue weighted by molar-refractivity contribution is 0.311. The standard InChI is InChI=1S/C18H19N5O/c1-13-5-2-3-7-15(13)21-17-11-16(14-6-4-8-19-12-14)22-18(23-17)20-9-10-24/h2-8,11-12,24H,9-10H2,1H3,(H2,20,21,22,23). The number of aliphatic hydroxyl groups is 1. The number of nitrogens with one attached hydrogen (secondary N) is 2. The van der Waals surface area contributed by atoms with Gasteiger partial charge >= 0.3 is 0 Å². The number of aromatic nitrogens is 3. The molecule has 3 aromatic rings. The molecule has 0 unspecified atom stereocenters. The molecule has 0 aliphatic rings. The first kappa shape index (κ1) is 15.9. The van der Waals surface area contributed by atoms with Gasteiger partial charge in [0, 0.05) is 36.3 Å². The van der Waals surface area contributed by atoms with Crippen molar-refractivity contribution in [3.8, 4) is 11.3 Å². The fourth-order valence-electron chi connectivity index (χ4n) is 2.27. The van der Waals surface area contributed by atoms with Crippen molar-refractivity contribution in [2.45, 2.75) is 6.92 Å². The monoisotopic (exact) mass is 321 g/mol. The van der Waals surface area contributed by atoms with Crippen molar-refractivity contribution in [2.75, 3.05) is 23.8 Å². The summed E-state index contributed by atoms with van der Waals surface area (Å²) in [7, 11) is 0. The van der Waals surface area contributed by atoms with Gasteiger partial charge in [-0.1, -0.05) is 18.2 Å². The molecule has 6 heteroatoms. The van der Waals surface area contributed by atoms with Crippen LogP contribution in [0.4, 0.5) is 17.5 Å². The summed E-state index contributed by atoms with van der Waals surface area (Å²) in [5, 5.41) is 15.3. The number of hydrogen-bond acceptors (Lipinski definition) is 6. The van der Waals surface area contributed by atoms with Crippen molar-refractivity contribution in [3.05, 3.63) is 60.4 Å². The van der Waals surface area contributed by atoms with E-state index in [4.69, 9.17) is 5.11 Å². The van der Waals surface area contributed by atoms with Gasteiger partial charge in [0.15, 0.2) is 0 Å². The zero-order valence-electron chi connectivity index (χ0n) is 13.4. The van der Waals surface area contributed by atoms with Crippen molar-refractivity contribution < 1.29 is 5.11 Å². The predicted octanol–water partition coefficient (Wildman–Crippen LogP) is 2.99. The Morgan fingerprint density at radius 3 is 2.71 bits per heavy atom. The van der Waals surface area contributed by atoms with Crippen LogP contribution in [0.15, 0.2) is 54.9 Å². The van der Waals surface area contributed by atoms with E-state index < -0.39 is 0 Å². The smallest absolute Gasteiger partial charge is 0.225 e. The van der Waals surface area contributed by atoms with E-state index in [-0.39, 0.29) is 6.61 Å².